The van der Waals surface area contributed by atoms with Gasteiger partial charge in [0.2, 0.25) is 0 Å². The van der Waals surface area contributed by atoms with E-state index in [0.717, 1.165) is 12.8 Å². The van der Waals surface area contributed by atoms with Crippen molar-refractivity contribution in [1.29, 1.82) is 0 Å². The first-order valence-electron chi connectivity index (χ1n) is 4.40. The first-order chi connectivity index (χ1) is 5.04. The summed E-state index contributed by atoms with van der Waals surface area (Å²) in [5, 5.41) is 9.56. The Bertz CT molecular complexity index is 125. The molecule has 0 amide bonds. The predicted octanol–water partition coefficient (Wildman–Crippen LogP) is 2.75. The largest absolute Gasteiger partial charge is 0.392 e. The SMILES string of the molecule is CC/C=C\C(C)(C)C(O)CC. The first kappa shape index (κ1) is 10.7. The van der Waals surface area contributed by atoms with Gasteiger partial charge in [0.15, 0.2) is 0 Å². The molecule has 0 aliphatic heterocycles. The quantitative estimate of drug-likeness (QED) is 0.620. The van der Waals surface area contributed by atoms with Gasteiger partial charge < -0.3 is 5.11 Å². The Balaban J connectivity index is 4.08. The van der Waals surface area contributed by atoms with E-state index in [2.05, 4.69) is 32.9 Å². The highest BCUT2D eigenvalue weighted by Crippen LogP contribution is 2.24. The summed E-state index contributed by atoms with van der Waals surface area (Å²) in [7, 11) is 0. The van der Waals surface area contributed by atoms with Crippen LogP contribution in [-0.2, 0) is 0 Å². The van der Waals surface area contributed by atoms with Crippen molar-refractivity contribution in [3.8, 4) is 0 Å². The summed E-state index contributed by atoms with van der Waals surface area (Å²) in [4.78, 5) is 0. The van der Waals surface area contributed by atoms with Crippen LogP contribution in [0.4, 0.5) is 0 Å². The molecular formula is C10H20O. The van der Waals surface area contributed by atoms with Gasteiger partial charge in [-0.25, -0.2) is 0 Å². The lowest BCUT2D eigenvalue weighted by Gasteiger charge is -2.26. The van der Waals surface area contributed by atoms with Gasteiger partial charge >= 0.3 is 0 Å². The highest BCUT2D eigenvalue weighted by molar-refractivity contribution is 4.97. The second-order valence-electron chi connectivity index (χ2n) is 3.56. The third-order valence-corrected chi connectivity index (χ3v) is 2.03. The molecule has 1 nitrogen and oxygen atoms in total. The third kappa shape index (κ3) is 3.57. The van der Waals surface area contributed by atoms with Crippen LogP contribution in [0.15, 0.2) is 12.2 Å². The average molecular weight is 156 g/mol. The smallest absolute Gasteiger partial charge is 0.0622 e. The lowest BCUT2D eigenvalue weighted by molar-refractivity contribution is 0.0784. The number of rotatable bonds is 4. The summed E-state index contributed by atoms with van der Waals surface area (Å²) >= 11 is 0. The van der Waals surface area contributed by atoms with Crippen molar-refractivity contribution in [2.24, 2.45) is 5.41 Å². The number of hydrogen-bond donors (Lipinski definition) is 1. The molecule has 1 atom stereocenters. The van der Waals surface area contributed by atoms with Crippen LogP contribution in [0.3, 0.4) is 0 Å². The Kier molecular flexibility index (Phi) is 4.43. The van der Waals surface area contributed by atoms with Crippen LogP contribution in [0.25, 0.3) is 0 Å². The fraction of sp³-hybridized carbons (Fsp3) is 0.800. The molecule has 0 spiro atoms. The molecule has 0 bridgehead atoms. The predicted molar refractivity (Wildman–Crippen MR) is 49.5 cm³/mol. The second kappa shape index (κ2) is 4.55. The highest BCUT2D eigenvalue weighted by atomic mass is 16.3. The highest BCUT2D eigenvalue weighted by Gasteiger charge is 2.22. The minimum absolute atomic E-state index is 0.0647. The Hall–Kier alpha value is -0.300. The minimum atomic E-state index is -0.217. The normalized spacial score (nSPS) is 15.7. The molecule has 0 aromatic heterocycles. The molecule has 0 aliphatic carbocycles. The summed E-state index contributed by atoms with van der Waals surface area (Å²) in [6.07, 6.45) is 5.85. The molecule has 1 heteroatoms. The van der Waals surface area contributed by atoms with Gasteiger partial charge in [0.05, 0.1) is 6.10 Å². The Morgan fingerprint density at radius 2 is 1.91 bits per heavy atom. The van der Waals surface area contributed by atoms with Gasteiger partial charge in [-0.1, -0.05) is 39.8 Å². The van der Waals surface area contributed by atoms with E-state index < -0.39 is 0 Å². The first-order valence-corrected chi connectivity index (χ1v) is 4.40. The van der Waals surface area contributed by atoms with Crippen molar-refractivity contribution in [2.45, 2.75) is 46.6 Å². The monoisotopic (exact) mass is 156 g/mol. The van der Waals surface area contributed by atoms with Crippen LogP contribution in [0.1, 0.15) is 40.5 Å². The lowest BCUT2D eigenvalue weighted by Crippen LogP contribution is -2.26. The van der Waals surface area contributed by atoms with Crippen LogP contribution in [0, 0.1) is 5.41 Å². The molecule has 1 N–H and O–H groups in total. The lowest BCUT2D eigenvalue weighted by atomic mass is 9.84. The van der Waals surface area contributed by atoms with Crippen molar-refractivity contribution in [1.82, 2.24) is 0 Å². The standard InChI is InChI=1S/C10H20O/c1-5-7-8-10(3,4)9(11)6-2/h7-9,11H,5-6H2,1-4H3/b8-7-. The van der Waals surface area contributed by atoms with E-state index in [9.17, 15) is 5.11 Å². The van der Waals surface area contributed by atoms with Crippen molar-refractivity contribution in [2.75, 3.05) is 0 Å². The van der Waals surface area contributed by atoms with Crippen LogP contribution in [0.5, 0.6) is 0 Å². The van der Waals surface area contributed by atoms with E-state index in [1.54, 1.807) is 0 Å². The van der Waals surface area contributed by atoms with Gasteiger partial charge in [-0.05, 0) is 12.8 Å². The zero-order valence-electron chi connectivity index (χ0n) is 8.09. The van der Waals surface area contributed by atoms with Crippen LogP contribution in [0.2, 0.25) is 0 Å². The van der Waals surface area contributed by atoms with Crippen LogP contribution < -0.4 is 0 Å². The number of hydrogen-bond acceptors (Lipinski definition) is 1. The third-order valence-electron chi connectivity index (χ3n) is 2.03. The molecule has 0 aromatic rings. The zero-order valence-corrected chi connectivity index (χ0v) is 8.09. The van der Waals surface area contributed by atoms with Gasteiger partial charge in [-0.3, -0.25) is 0 Å². The minimum Gasteiger partial charge on any atom is -0.392 e. The maximum atomic E-state index is 9.56. The van der Waals surface area contributed by atoms with Crippen LogP contribution >= 0.6 is 0 Å². The van der Waals surface area contributed by atoms with E-state index in [0.29, 0.717) is 0 Å². The van der Waals surface area contributed by atoms with E-state index in [1.165, 1.54) is 0 Å². The van der Waals surface area contributed by atoms with Gasteiger partial charge in [-0.2, -0.15) is 0 Å². The van der Waals surface area contributed by atoms with Gasteiger partial charge in [0, 0.05) is 5.41 Å². The molecule has 0 aromatic carbocycles. The molecule has 0 fully saturated rings. The average Bonchev–Trinajstić information content (AvgIpc) is 1.99. The topological polar surface area (TPSA) is 20.2 Å². The van der Waals surface area contributed by atoms with E-state index in [4.69, 9.17) is 0 Å². The number of aliphatic hydroxyl groups is 1. The molecule has 0 saturated carbocycles. The summed E-state index contributed by atoms with van der Waals surface area (Å²) in [5.41, 5.74) is -0.0647. The molecule has 66 valence electrons. The maximum Gasteiger partial charge on any atom is 0.0622 e. The second-order valence-corrected chi connectivity index (χ2v) is 3.56. The van der Waals surface area contributed by atoms with E-state index in [-0.39, 0.29) is 11.5 Å². The molecule has 0 aliphatic rings. The Morgan fingerprint density at radius 1 is 1.36 bits per heavy atom. The zero-order chi connectivity index (χ0) is 8.91. The van der Waals surface area contributed by atoms with Crippen molar-refractivity contribution in [3.05, 3.63) is 12.2 Å². The van der Waals surface area contributed by atoms with Crippen molar-refractivity contribution >= 4 is 0 Å². The van der Waals surface area contributed by atoms with Gasteiger partial charge in [0.1, 0.15) is 0 Å². The van der Waals surface area contributed by atoms with Gasteiger partial charge in [0.25, 0.3) is 0 Å². The fourth-order valence-electron chi connectivity index (χ4n) is 1.06. The van der Waals surface area contributed by atoms with E-state index >= 15 is 0 Å². The molecule has 0 heterocycles. The van der Waals surface area contributed by atoms with Crippen molar-refractivity contribution < 1.29 is 5.11 Å². The number of aliphatic hydroxyl groups excluding tert-OH is 1. The molecular weight excluding hydrogens is 136 g/mol. The Morgan fingerprint density at radius 3 is 2.27 bits per heavy atom. The summed E-state index contributed by atoms with van der Waals surface area (Å²) in [6, 6.07) is 0. The van der Waals surface area contributed by atoms with Crippen molar-refractivity contribution in [3.63, 3.8) is 0 Å². The van der Waals surface area contributed by atoms with E-state index in [1.807, 2.05) is 6.92 Å². The molecule has 0 rings (SSSR count). The summed E-state index contributed by atoms with van der Waals surface area (Å²) < 4.78 is 0. The van der Waals surface area contributed by atoms with Crippen LogP contribution in [-0.4, -0.2) is 11.2 Å². The molecule has 1 unspecified atom stereocenters. The summed E-state index contributed by atoms with van der Waals surface area (Å²) in [5.74, 6) is 0. The fourth-order valence-corrected chi connectivity index (χ4v) is 1.06. The number of allylic oxidation sites excluding steroid dienone is 1. The molecule has 0 saturated heterocycles. The maximum absolute atomic E-state index is 9.56. The summed E-state index contributed by atoms with van der Waals surface area (Å²) in [6.45, 7) is 8.23. The van der Waals surface area contributed by atoms with Gasteiger partial charge in [-0.15, -0.1) is 0 Å². The Labute approximate surface area is 70.1 Å². The molecule has 0 radical (unpaired) electrons. The molecule has 11 heavy (non-hydrogen) atoms.